The Labute approximate surface area is 346 Å². The fraction of sp³-hybridized carbons (Fsp3) is 0. The van der Waals surface area contributed by atoms with Crippen molar-refractivity contribution >= 4 is 49.1 Å². The highest BCUT2D eigenvalue weighted by Crippen LogP contribution is 2.42. The molecule has 0 bridgehead atoms. The molecule has 0 aliphatic rings. The van der Waals surface area contributed by atoms with Crippen LogP contribution >= 0.6 is 0 Å². The normalized spacial score (nSPS) is 11.7. The zero-order valence-corrected chi connectivity index (χ0v) is 32.6. The molecule has 280 valence electrons. The molecule has 0 atom stereocenters. The van der Waals surface area contributed by atoms with Gasteiger partial charge in [-0.05, 0) is 86.8 Å². The average Bonchev–Trinajstić information content (AvgIpc) is 3.84. The van der Waals surface area contributed by atoms with E-state index in [0.29, 0.717) is 5.82 Å². The van der Waals surface area contributed by atoms with Crippen molar-refractivity contribution < 1.29 is 0 Å². The first-order chi connectivity index (χ1) is 29.8. The van der Waals surface area contributed by atoms with Crippen LogP contribution in [0.15, 0.2) is 218 Å². The molecule has 60 heavy (non-hydrogen) atoms. The Hall–Kier alpha value is -8.08. The summed E-state index contributed by atoms with van der Waals surface area (Å²) in [5.41, 5.74) is 15.3. The molecule has 9 aromatic carbocycles. The number of aromatic nitrogens is 4. The Balaban J connectivity index is 1.04. The summed E-state index contributed by atoms with van der Waals surface area (Å²) in [6.45, 7) is 0. The second kappa shape index (κ2) is 13.8. The van der Waals surface area contributed by atoms with Crippen LogP contribution in [0.3, 0.4) is 0 Å². The molecule has 0 amide bonds. The first kappa shape index (κ1) is 34.0. The molecule has 4 nitrogen and oxygen atoms in total. The average molecular weight is 765 g/mol. The van der Waals surface area contributed by atoms with E-state index in [1.54, 1.807) is 0 Å². The van der Waals surface area contributed by atoms with E-state index in [-0.39, 0.29) is 0 Å². The molecule has 12 rings (SSSR count). The molecule has 0 saturated heterocycles. The Morgan fingerprint density at radius 1 is 0.333 bits per heavy atom. The van der Waals surface area contributed by atoms with Gasteiger partial charge in [0.2, 0.25) is 0 Å². The second-order valence-corrected chi connectivity index (χ2v) is 15.4. The van der Waals surface area contributed by atoms with Gasteiger partial charge in [0.25, 0.3) is 0 Å². The van der Waals surface area contributed by atoms with Gasteiger partial charge in [0, 0.05) is 33.3 Å². The smallest absolute Gasteiger partial charge is 0.161 e. The minimum Gasteiger partial charge on any atom is -0.293 e. The van der Waals surface area contributed by atoms with Crippen molar-refractivity contribution in [3.63, 3.8) is 0 Å². The van der Waals surface area contributed by atoms with Crippen molar-refractivity contribution in [3.8, 4) is 61.8 Å². The van der Waals surface area contributed by atoms with E-state index in [9.17, 15) is 0 Å². The maximum absolute atomic E-state index is 5.33. The van der Waals surface area contributed by atoms with Crippen LogP contribution in [-0.4, -0.2) is 18.9 Å². The van der Waals surface area contributed by atoms with Crippen LogP contribution in [0.25, 0.3) is 111 Å². The predicted octanol–water partition coefficient (Wildman–Crippen LogP) is 14.5. The lowest BCUT2D eigenvalue weighted by Crippen LogP contribution is -1.97. The molecule has 0 fully saturated rings. The second-order valence-electron chi connectivity index (χ2n) is 15.4. The van der Waals surface area contributed by atoms with Crippen LogP contribution in [0.2, 0.25) is 0 Å². The van der Waals surface area contributed by atoms with E-state index < -0.39 is 0 Å². The van der Waals surface area contributed by atoms with E-state index in [1.165, 1.54) is 32.9 Å². The lowest BCUT2D eigenvalue weighted by atomic mass is 9.96. The molecular formula is C56H36N4. The first-order valence-electron chi connectivity index (χ1n) is 20.4. The topological polar surface area (TPSA) is 35.1 Å². The number of para-hydroxylation sites is 4. The fourth-order valence-electron chi connectivity index (χ4n) is 9.20. The molecule has 0 aliphatic heterocycles. The largest absolute Gasteiger partial charge is 0.293 e. The highest BCUT2D eigenvalue weighted by atomic mass is 15.1. The van der Waals surface area contributed by atoms with Crippen LogP contribution in [0.5, 0.6) is 0 Å². The van der Waals surface area contributed by atoms with Crippen molar-refractivity contribution in [2.75, 3.05) is 0 Å². The third kappa shape index (κ3) is 5.46. The fourth-order valence-corrected chi connectivity index (χ4v) is 9.20. The zero-order chi connectivity index (χ0) is 39.6. The van der Waals surface area contributed by atoms with Crippen LogP contribution < -0.4 is 0 Å². The molecule has 3 aromatic heterocycles. The third-order valence-electron chi connectivity index (χ3n) is 11.9. The number of imidazole rings is 1. The molecule has 0 spiro atoms. The quantitative estimate of drug-likeness (QED) is 0.169. The molecule has 3 heterocycles. The van der Waals surface area contributed by atoms with E-state index >= 15 is 0 Å². The van der Waals surface area contributed by atoms with Gasteiger partial charge in [0.1, 0.15) is 5.65 Å². The van der Waals surface area contributed by atoms with Crippen LogP contribution in [0.4, 0.5) is 0 Å². The van der Waals surface area contributed by atoms with Crippen molar-refractivity contribution in [1.82, 2.24) is 18.9 Å². The lowest BCUT2D eigenvalue weighted by Gasteiger charge is -2.13. The molecular weight excluding hydrogens is 729 g/mol. The molecule has 4 heteroatoms. The molecule has 12 aromatic rings. The van der Waals surface area contributed by atoms with E-state index in [0.717, 1.165) is 72.3 Å². The summed E-state index contributed by atoms with van der Waals surface area (Å²) in [7, 11) is 0. The SMILES string of the molecule is c1ccc(-n2c3ccccc3n3c4ccccc4c(-c4cccc(-c5cccc(-c6cc(-c7cccc8ccccc78)nc(-c7cccc8ccccc78)n6)c5)c4)c23)cc1. The molecule has 0 unspecified atom stereocenters. The Kier molecular flexibility index (Phi) is 7.82. The number of benzene rings is 9. The number of hydrogen-bond donors (Lipinski definition) is 0. The molecule has 0 N–H and O–H groups in total. The summed E-state index contributed by atoms with van der Waals surface area (Å²) >= 11 is 0. The maximum Gasteiger partial charge on any atom is 0.161 e. The van der Waals surface area contributed by atoms with Crippen molar-refractivity contribution in [3.05, 3.63) is 218 Å². The number of hydrogen-bond acceptors (Lipinski definition) is 2. The summed E-state index contributed by atoms with van der Waals surface area (Å²) in [6, 6.07) is 78.0. The van der Waals surface area contributed by atoms with Gasteiger partial charge in [-0.25, -0.2) is 9.97 Å². The Bertz CT molecular complexity index is 3500. The molecule has 0 radical (unpaired) electrons. The van der Waals surface area contributed by atoms with Gasteiger partial charge in [0.05, 0.1) is 27.9 Å². The Morgan fingerprint density at radius 2 is 0.850 bits per heavy atom. The zero-order valence-electron chi connectivity index (χ0n) is 32.6. The first-order valence-corrected chi connectivity index (χ1v) is 20.4. The van der Waals surface area contributed by atoms with Gasteiger partial charge in [-0.1, -0.05) is 170 Å². The van der Waals surface area contributed by atoms with Gasteiger partial charge >= 0.3 is 0 Å². The summed E-state index contributed by atoms with van der Waals surface area (Å²) in [6.07, 6.45) is 0. The number of rotatable bonds is 6. The third-order valence-corrected chi connectivity index (χ3v) is 11.9. The molecule has 0 aliphatic carbocycles. The highest BCUT2D eigenvalue weighted by Gasteiger charge is 2.22. The number of nitrogens with zero attached hydrogens (tertiary/aromatic N) is 4. The van der Waals surface area contributed by atoms with Gasteiger partial charge < -0.3 is 0 Å². The standard InChI is InChI=1S/C56H36N4/c1-2-24-43(25-3-1)59-52-32-10-11-33-53(52)60-51-31-9-8-28-48(51)54(56(59)60)42-23-13-21-40(35-42)39-20-12-22-41(34-39)49-36-50(46-29-14-18-37-16-4-6-26-44(37)46)58-55(57-49)47-30-15-19-38-17-5-7-27-45(38)47/h1-36H. The van der Waals surface area contributed by atoms with Crippen LogP contribution in [-0.2, 0) is 0 Å². The lowest BCUT2D eigenvalue weighted by molar-refractivity contribution is 1.15. The number of fused-ring (bicyclic) bond motifs is 7. The minimum absolute atomic E-state index is 0.707. The van der Waals surface area contributed by atoms with Gasteiger partial charge in [-0.3, -0.25) is 8.97 Å². The predicted molar refractivity (Wildman–Crippen MR) is 250 cm³/mol. The van der Waals surface area contributed by atoms with Gasteiger partial charge in [-0.2, -0.15) is 0 Å². The minimum atomic E-state index is 0.707. The maximum atomic E-state index is 5.33. The van der Waals surface area contributed by atoms with Crippen molar-refractivity contribution in [1.29, 1.82) is 0 Å². The van der Waals surface area contributed by atoms with Gasteiger partial charge in [-0.15, -0.1) is 0 Å². The van der Waals surface area contributed by atoms with Crippen LogP contribution in [0.1, 0.15) is 0 Å². The van der Waals surface area contributed by atoms with E-state index in [4.69, 9.17) is 9.97 Å². The van der Waals surface area contributed by atoms with Gasteiger partial charge in [0.15, 0.2) is 5.82 Å². The summed E-state index contributed by atoms with van der Waals surface area (Å²) in [4.78, 5) is 10.6. The molecule has 0 saturated carbocycles. The highest BCUT2D eigenvalue weighted by molar-refractivity contribution is 6.09. The summed E-state index contributed by atoms with van der Waals surface area (Å²) in [5, 5.41) is 5.86. The van der Waals surface area contributed by atoms with E-state index in [1.807, 2.05) is 0 Å². The monoisotopic (exact) mass is 764 g/mol. The van der Waals surface area contributed by atoms with Crippen molar-refractivity contribution in [2.24, 2.45) is 0 Å². The van der Waals surface area contributed by atoms with Crippen molar-refractivity contribution in [2.45, 2.75) is 0 Å². The van der Waals surface area contributed by atoms with E-state index in [2.05, 4.69) is 227 Å². The summed E-state index contributed by atoms with van der Waals surface area (Å²) in [5.74, 6) is 0.707. The Morgan fingerprint density at radius 3 is 1.60 bits per heavy atom. The van der Waals surface area contributed by atoms with Crippen LogP contribution in [0, 0.1) is 0 Å². The summed E-state index contributed by atoms with van der Waals surface area (Å²) < 4.78 is 4.84.